The Kier molecular flexibility index (Phi) is 9.54. The second-order valence-corrected chi connectivity index (χ2v) is 17.1. The predicted octanol–water partition coefficient (Wildman–Crippen LogP) is 4.69. The molecule has 4 aromatic rings. The fourth-order valence-electron chi connectivity index (χ4n) is 8.12. The van der Waals surface area contributed by atoms with E-state index in [4.69, 9.17) is 0 Å². The van der Waals surface area contributed by atoms with Crippen LogP contribution in [0.5, 0.6) is 0 Å². The van der Waals surface area contributed by atoms with Gasteiger partial charge in [-0.05, 0) is 90.6 Å². The molecule has 278 valence electrons. The first-order valence-corrected chi connectivity index (χ1v) is 20.3. The molecule has 0 bridgehead atoms. The second-order valence-electron chi connectivity index (χ2n) is 14.2. The van der Waals surface area contributed by atoms with E-state index < -0.39 is 28.0 Å². The summed E-state index contributed by atoms with van der Waals surface area (Å²) in [7, 11) is -3.81. The van der Waals surface area contributed by atoms with Crippen molar-refractivity contribution in [2.24, 2.45) is 5.92 Å². The molecule has 4 aliphatic rings. The summed E-state index contributed by atoms with van der Waals surface area (Å²) < 4.78 is 29.5. The summed E-state index contributed by atoms with van der Waals surface area (Å²) in [5.74, 6) is -1.36. The van der Waals surface area contributed by atoms with Crippen LogP contribution in [-0.2, 0) is 31.0 Å². The number of aliphatic hydroxyl groups is 1. The molecule has 4 amide bonds. The van der Waals surface area contributed by atoms with Crippen LogP contribution in [0.1, 0.15) is 52.4 Å². The number of sulfonamides is 1. The number of fused-ring (bicyclic) bond motifs is 4. The first-order valence-electron chi connectivity index (χ1n) is 17.9. The number of benzene rings is 4. The van der Waals surface area contributed by atoms with Crippen LogP contribution in [0.2, 0.25) is 0 Å². The van der Waals surface area contributed by atoms with E-state index in [2.05, 4.69) is 16.0 Å². The molecule has 54 heavy (non-hydrogen) atoms. The Morgan fingerprint density at radius 1 is 0.963 bits per heavy atom. The van der Waals surface area contributed by atoms with Crippen molar-refractivity contribution in [2.75, 3.05) is 29.5 Å². The smallest absolute Gasteiger partial charge is 0.255 e. The molecule has 0 spiro atoms. The molecule has 0 radical (unpaired) electrons. The molecule has 4 heterocycles. The molecule has 2 saturated heterocycles. The first-order chi connectivity index (χ1) is 26.0. The number of imide groups is 1. The van der Waals surface area contributed by atoms with Crippen molar-refractivity contribution >= 4 is 56.8 Å². The fraction of sp³-hybridized carbons (Fsp3) is 0.300. The lowest BCUT2D eigenvalue weighted by Crippen LogP contribution is -2.52. The number of aryl methyl sites for hydroxylation is 1. The minimum Gasteiger partial charge on any atom is -0.394 e. The van der Waals surface area contributed by atoms with Crippen molar-refractivity contribution in [3.05, 3.63) is 107 Å². The third-order valence-electron chi connectivity index (χ3n) is 10.8. The molecule has 1 unspecified atom stereocenters. The number of piperidine rings is 1. The van der Waals surface area contributed by atoms with Gasteiger partial charge in [0, 0.05) is 47.3 Å². The SMILES string of the molecule is Cc1ccc(S(=O)(=O)N2CC[C@@H]3[C@H](CO)Nc4ccc(-c5cccc(NC(=O)CSc6cccc7c6CN(C6CCC(=O)NC6=O)C7=O)c5)cc4[C@@H]32)cc1. The average Bonchev–Trinajstić information content (AvgIpc) is 3.77. The van der Waals surface area contributed by atoms with Crippen LogP contribution in [-0.4, -0.2) is 77.3 Å². The Hall–Kier alpha value is -5.02. The molecule has 4 N–H and O–H groups in total. The third-order valence-corrected chi connectivity index (χ3v) is 13.8. The van der Waals surface area contributed by atoms with Gasteiger partial charge in [-0.15, -0.1) is 11.8 Å². The molecule has 12 nitrogen and oxygen atoms in total. The Balaban J connectivity index is 0.983. The topological polar surface area (TPSA) is 165 Å². The Labute approximate surface area is 317 Å². The largest absolute Gasteiger partial charge is 0.394 e. The highest BCUT2D eigenvalue weighted by Crippen LogP contribution is 2.49. The molecule has 4 atom stereocenters. The van der Waals surface area contributed by atoms with Gasteiger partial charge in [-0.25, -0.2) is 8.42 Å². The van der Waals surface area contributed by atoms with E-state index in [0.29, 0.717) is 24.2 Å². The van der Waals surface area contributed by atoms with Crippen LogP contribution < -0.4 is 16.0 Å². The number of carbonyl (C=O) groups is 4. The number of carbonyl (C=O) groups excluding carboxylic acids is 4. The molecule has 4 aliphatic heterocycles. The van der Waals surface area contributed by atoms with Crippen molar-refractivity contribution in [2.45, 2.75) is 60.6 Å². The Morgan fingerprint density at radius 2 is 1.74 bits per heavy atom. The summed E-state index contributed by atoms with van der Waals surface area (Å²) >= 11 is 1.31. The summed E-state index contributed by atoms with van der Waals surface area (Å²) in [6.45, 7) is 2.36. The number of nitrogens with one attached hydrogen (secondary N) is 3. The molecular formula is C40H39N5O7S2. The molecule has 0 aromatic heterocycles. The van der Waals surface area contributed by atoms with Gasteiger partial charge in [0.2, 0.25) is 27.7 Å². The molecule has 8 rings (SSSR count). The van der Waals surface area contributed by atoms with Gasteiger partial charge in [0.25, 0.3) is 5.91 Å². The minimum absolute atomic E-state index is 0.0815. The fourth-order valence-corrected chi connectivity index (χ4v) is 10.7. The van der Waals surface area contributed by atoms with Crippen molar-refractivity contribution < 1.29 is 32.7 Å². The summed E-state index contributed by atoms with van der Waals surface area (Å²) in [4.78, 5) is 53.1. The van der Waals surface area contributed by atoms with Gasteiger partial charge in [0.05, 0.1) is 29.3 Å². The van der Waals surface area contributed by atoms with Gasteiger partial charge < -0.3 is 20.6 Å². The maximum absolute atomic E-state index is 14.0. The summed E-state index contributed by atoms with van der Waals surface area (Å²) in [5, 5.41) is 19.0. The highest BCUT2D eigenvalue weighted by molar-refractivity contribution is 8.00. The molecule has 0 aliphatic carbocycles. The second kappa shape index (κ2) is 14.3. The molecule has 0 saturated carbocycles. The lowest BCUT2D eigenvalue weighted by molar-refractivity contribution is -0.137. The average molecular weight is 766 g/mol. The van der Waals surface area contributed by atoms with Crippen LogP contribution >= 0.6 is 11.8 Å². The number of anilines is 2. The van der Waals surface area contributed by atoms with E-state index in [-0.39, 0.29) is 66.3 Å². The van der Waals surface area contributed by atoms with Gasteiger partial charge in [-0.3, -0.25) is 24.5 Å². The highest BCUT2D eigenvalue weighted by Gasteiger charge is 2.48. The normalized spacial score (nSPS) is 22.3. The van der Waals surface area contributed by atoms with Gasteiger partial charge in [0.15, 0.2) is 0 Å². The zero-order chi connectivity index (χ0) is 37.7. The lowest BCUT2D eigenvalue weighted by Gasteiger charge is -2.39. The van der Waals surface area contributed by atoms with Crippen molar-refractivity contribution in [3.8, 4) is 11.1 Å². The van der Waals surface area contributed by atoms with Crippen LogP contribution in [0.15, 0.2) is 94.7 Å². The number of aliphatic hydroxyl groups excluding tert-OH is 1. The maximum atomic E-state index is 14.0. The first kappa shape index (κ1) is 36.0. The molecule has 14 heteroatoms. The third kappa shape index (κ3) is 6.57. The van der Waals surface area contributed by atoms with Crippen LogP contribution in [0, 0.1) is 12.8 Å². The highest BCUT2D eigenvalue weighted by atomic mass is 32.2. The standard InChI is InChI=1S/C40H39N5O7S2/c1-23-8-11-27(12-9-23)54(51,52)45-17-16-29-33(21-46)42-32-13-10-25(19-30(32)38(29)45)24-4-2-5-26(18-24)41-37(48)22-53-35-7-3-6-28-31(35)20-44(40(28)50)34-14-15-36(47)43-39(34)49/h2-13,18-19,29,33-34,38,42,46H,14-17,20-22H2,1H3,(H,41,48)(H,43,47,49)/t29-,33+,34?,38-/m1/s1. The zero-order valence-electron chi connectivity index (χ0n) is 29.4. The van der Waals surface area contributed by atoms with Crippen LogP contribution in [0.25, 0.3) is 11.1 Å². The number of hydrogen-bond acceptors (Lipinski definition) is 9. The van der Waals surface area contributed by atoms with Crippen molar-refractivity contribution in [3.63, 3.8) is 0 Å². The van der Waals surface area contributed by atoms with E-state index in [1.165, 1.54) is 16.7 Å². The van der Waals surface area contributed by atoms with Gasteiger partial charge in [0.1, 0.15) is 6.04 Å². The number of hydrogen-bond donors (Lipinski definition) is 4. The minimum atomic E-state index is -3.81. The van der Waals surface area contributed by atoms with E-state index in [9.17, 15) is 32.7 Å². The van der Waals surface area contributed by atoms with Crippen LogP contribution in [0.4, 0.5) is 11.4 Å². The molecule has 2 fully saturated rings. The predicted molar refractivity (Wildman–Crippen MR) is 204 cm³/mol. The van der Waals surface area contributed by atoms with E-state index in [1.54, 1.807) is 46.8 Å². The molecule has 4 aromatic carbocycles. The van der Waals surface area contributed by atoms with Gasteiger partial charge >= 0.3 is 0 Å². The van der Waals surface area contributed by atoms with Gasteiger partial charge in [-0.1, -0.05) is 42.0 Å². The van der Waals surface area contributed by atoms with E-state index in [0.717, 1.165) is 38.4 Å². The van der Waals surface area contributed by atoms with E-state index in [1.807, 2.05) is 49.4 Å². The summed E-state index contributed by atoms with van der Waals surface area (Å²) in [5.41, 5.74) is 6.12. The Morgan fingerprint density at radius 3 is 2.52 bits per heavy atom. The quantitative estimate of drug-likeness (QED) is 0.140. The lowest BCUT2D eigenvalue weighted by atomic mass is 9.82. The number of nitrogens with zero attached hydrogens (tertiary/aromatic N) is 2. The number of rotatable bonds is 9. The number of thioether (sulfide) groups is 1. The summed E-state index contributed by atoms with van der Waals surface area (Å²) in [6.07, 6.45) is 1.06. The van der Waals surface area contributed by atoms with Gasteiger partial charge in [-0.2, -0.15) is 4.31 Å². The zero-order valence-corrected chi connectivity index (χ0v) is 31.1. The van der Waals surface area contributed by atoms with Crippen LogP contribution in [0.3, 0.4) is 0 Å². The van der Waals surface area contributed by atoms with Crippen molar-refractivity contribution in [1.29, 1.82) is 0 Å². The molecular weight excluding hydrogens is 727 g/mol. The summed E-state index contributed by atoms with van der Waals surface area (Å²) in [6, 6.07) is 24.1. The van der Waals surface area contributed by atoms with E-state index >= 15 is 0 Å². The Bertz CT molecular complexity index is 2300. The monoisotopic (exact) mass is 765 g/mol. The maximum Gasteiger partial charge on any atom is 0.255 e. The van der Waals surface area contributed by atoms with Crippen molar-refractivity contribution in [1.82, 2.24) is 14.5 Å². The number of amides is 4.